The van der Waals surface area contributed by atoms with Crippen molar-refractivity contribution in [2.45, 2.75) is 45.4 Å². The molecule has 1 saturated carbocycles. The summed E-state index contributed by atoms with van der Waals surface area (Å²) < 4.78 is 4.94. The van der Waals surface area contributed by atoms with Gasteiger partial charge in [-0.3, -0.25) is 4.79 Å². The van der Waals surface area contributed by atoms with Crippen molar-refractivity contribution in [1.29, 1.82) is 0 Å². The molecule has 0 aromatic carbocycles. The summed E-state index contributed by atoms with van der Waals surface area (Å²) in [5.41, 5.74) is -0.435. The summed E-state index contributed by atoms with van der Waals surface area (Å²) in [6.07, 6.45) is 8.65. The third-order valence-electron chi connectivity index (χ3n) is 3.85. The highest BCUT2D eigenvalue weighted by atomic mass is 16.5. The van der Waals surface area contributed by atoms with Crippen LogP contribution in [-0.2, 0) is 9.53 Å². The largest absolute Gasteiger partial charge is 0.468 e. The summed E-state index contributed by atoms with van der Waals surface area (Å²) in [6, 6.07) is 0. The van der Waals surface area contributed by atoms with Crippen LogP contribution in [-0.4, -0.2) is 13.1 Å². The van der Waals surface area contributed by atoms with Crippen LogP contribution in [0.15, 0.2) is 12.7 Å². The minimum Gasteiger partial charge on any atom is -0.468 e. The second kappa shape index (κ2) is 5.34. The standard InChI is InChI=1S/C13H22O2/c1-4-13(5-2,12(14)15-3)11-9-7-6-8-10-11/h4,11H,1,5-10H2,2-3H3/t13-/m0/s1. The van der Waals surface area contributed by atoms with Crippen molar-refractivity contribution in [3.05, 3.63) is 12.7 Å². The minimum atomic E-state index is -0.435. The van der Waals surface area contributed by atoms with Gasteiger partial charge >= 0.3 is 5.97 Å². The number of hydrogen-bond donors (Lipinski definition) is 0. The normalized spacial score (nSPS) is 21.7. The van der Waals surface area contributed by atoms with Crippen LogP contribution < -0.4 is 0 Å². The maximum atomic E-state index is 11.9. The first-order valence-electron chi connectivity index (χ1n) is 5.93. The van der Waals surface area contributed by atoms with Crippen molar-refractivity contribution in [1.82, 2.24) is 0 Å². The Hall–Kier alpha value is -0.790. The lowest BCUT2D eigenvalue weighted by atomic mass is 9.67. The molecule has 86 valence electrons. The van der Waals surface area contributed by atoms with Crippen molar-refractivity contribution in [2.24, 2.45) is 11.3 Å². The van der Waals surface area contributed by atoms with E-state index in [9.17, 15) is 4.79 Å². The summed E-state index contributed by atoms with van der Waals surface area (Å²) in [5.74, 6) is 0.327. The van der Waals surface area contributed by atoms with E-state index < -0.39 is 5.41 Å². The molecule has 1 rings (SSSR count). The first-order valence-corrected chi connectivity index (χ1v) is 5.93. The van der Waals surface area contributed by atoms with Gasteiger partial charge in [-0.2, -0.15) is 0 Å². The van der Waals surface area contributed by atoms with Gasteiger partial charge in [-0.25, -0.2) is 0 Å². The highest BCUT2D eigenvalue weighted by molar-refractivity contribution is 5.79. The SMILES string of the molecule is C=C[C@@](CC)(C(=O)OC)C1CCCCC1. The number of ether oxygens (including phenoxy) is 1. The van der Waals surface area contributed by atoms with Crippen molar-refractivity contribution in [2.75, 3.05) is 7.11 Å². The predicted molar refractivity (Wildman–Crippen MR) is 61.5 cm³/mol. The molecule has 0 aromatic heterocycles. The molecule has 0 saturated heterocycles. The van der Waals surface area contributed by atoms with Crippen molar-refractivity contribution in [3.63, 3.8) is 0 Å². The highest BCUT2D eigenvalue weighted by Crippen LogP contribution is 2.42. The van der Waals surface area contributed by atoms with E-state index in [0.717, 1.165) is 19.3 Å². The summed E-state index contributed by atoms with van der Waals surface area (Å²) >= 11 is 0. The van der Waals surface area contributed by atoms with Crippen LogP contribution in [0.3, 0.4) is 0 Å². The highest BCUT2D eigenvalue weighted by Gasteiger charge is 2.42. The minimum absolute atomic E-state index is 0.105. The van der Waals surface area contributed by atoms with E-state index in [1.54, 1.807) is 0 Å². The van der Waals surface area contributed by atoms with E-state index >= 15 is 0 Å². The van der Waals surface area contributed by atoms with Crippen LogP contribution in [0.2, 0.25) is 0 Å². The van der Waals surface area contributed by atoms with Gasteiger partial charge in [0, 0.05) is 0 Å². The number of hydrogen-bond acceptors (Lipinski definition) is 2. The van der Waals surface area contributed by atoms with Gasteiger partial charge in [-0.15, -0.1) is 6.58 Å². The van der Waals surface area contributed by atoms with Gasteiger partial charge in [-0.1, -0.05) is 32.3 Å². The predicted octanol–water partition coefficient (Wildman–Crippen LogP) is 3.32. The molecule has 2 heteroatoms. The third kappa shape index (κ3) is 2.24. The van der Waals surface area contributed by atoms with E-state index in [4.69, 9.17) is 4.74 Å². The zero-order chi connectivity index (χ0) is 11.3. The van der Waals surface area contributed by atoms with Gasteiger partial charge < -0.3 is 4.74 Å². The molecule has 0 aromatic rings. The fourth-order valence-electron chi connectivity index (χ4n) is 2.80. The monoisotopic (exact) mass is 210 g/mol. The Labute approximate surface area is 92.7 Å². The molecule has 1 aliphatic rings. The lowest BCUT2D eigenvalue weighted by molar-refractivity contribution is -0.153. The maximum absolute atomic E-state index is 11.9. The van der Waals surface area contributed by atoms with E-state index in [0.29, 0.717) is 5.92 Å². The Morgan fingerprint density at radius 2 is 2.07 bits per heavy atom. The van der Waals surface area contributed by atoms with Crippen molar-refractivity contribution >= 4 is 5.97 Å². The van der Waals surface area contributed by atoms with E-state index in [1.165, 1.54) is 26.4 Å². The Morgan fingerprint density at radius 3 is 2.47 bits per heavy atom. The van der Waals surface area contributed by atoms with Crippen LogP contribution in [0, 0.1) is 11.3 Å². The molecule has 0 N–H and O–H groups in total. The topological polar surface area (TPSA) is 26.3 Å². The van der Waals surface area contributed by atoms with Gasteiger partial charge in [-0.05, 0) is 25.2 Å². The number of esters is 1. The Kier molecular flexibility index (Phi) is 4.37. The van der Waals surface area contributed by atoms with Gasteiger partial charge in [0.05, 0.1) is 12.5 Å². The van der Waals surface area contributed by atoms with Crippen molar-refractivity contribution in [3.8, 4) is 0 Å². The van der Waals surface area contributed by atoms with E-state index in [-0.39, 0.29) is 5.97 Å². The van der Waals surface area contributed by atoms with Crippen LogP contribution in [0.5, 0.6) is 0 Å². The number of carbonyl (C=O) groups is 1. The molecule has 1 atom stereocenters. The fraction of sp³-hybridized carbons (Fsp3) is 0.769. The quantitative estimate of drug-likeness (QED) is 0.525. The number of carbonyl (C=O) groups excluding carboxylic acids is 1. The van der Waals surface area contributed by atoms with Crippen LogP contribution in [0.4, 0.5) is 0 Å². The average Bonchev–Trinajstić information content (AvgIpc) is 2.32. The van der Waals surface area contributed by atoms with Gasteiger partial charge in [0.2, 0.25) is 0 Å². The first-order chi connectivity index (χ1) is 7.21. The Morgan fingerprint density at radius 1 is 1.47 bits per heavy atom. The van der Waals surface area contributed by atoms with Gasteiger partial charge in [0.15, 0.2) is 0 Å². The first kappa shape index (κ1) is 12.3. The molecule has 1 fully saturated rings. The summed E-state index contributed by atoms with van der Waals surface area (Å²) in [6.45, 7) is 5.90. The smallest absolute Gasteiger partial charge is 0.315 e. The molecular formula is C13H22O2. The molecule has 0 radical (unpaired) electrons. The zero-order valence-electron chi connectivity index (χ0n) is 9.92. The fourth-order valence-corrected chi connectivity index (χ4v) is 2.80. The molecule has 2 nitrogen and oxygen atoms in total. The lowest BCUT2D eigenvalue weighted by Crippen LogP contribution is -2.38. The average molecular weight is 210 g/mol. The summed E-state index contributed by atoms with van der Waals surface area (Å²) in [5, 5.41) is 0. The van der Waals surface area contributed by atoms with E-state index in [1.807, 2.05) is 13.0 Å². The molecule has 0 bridgehead atoms. The molecular weight excluding hydrogens is 188 g/mol. The molecule has 0 aliphatic heterocycles. The maximum Gasteiger partial charge on any atom is 0.315 e. The lowest BCUT2D eigenvalue weighted by Gasteiger charge is -2.37. The Bertz CT molecular complexity index is 229. The number of rotatable bonds is 4. The molecule has 0 spiro atoms. The molecule has 1 aliphatic carbocycles. The second-order valence-corrected chi connectivity index (χ2v) is 4.42. The van der Waals surface area contributed by atoms with Gasteiger partial charge in [0.1, 0.15) is 0 Å². The summed E-state index contributed by atoms with van der Waals surface area (Å²) in [7, 11) is 1.47. The van der Waals surface area contributed by atoms with Crippen LogP contribution in [0.25, 0.3) is 0 Å². The second-order valence-electron chi connectivity index (χ2n) is 4.42. The van der Waals surface area contributed by atoms with Crippen LogP contribution in [0.1, 0.15) is 45.4 Å². The van der Waals surface area contributed by atoms with Gasteiger partial charge in [0.25, 0.3) is 0 Å². The molecule has 0 unspecified atom stereocenters. The molecule has 15 heavy (non-hydrogen) atoms. The van der Waals surface area contributed by atoms with Crippen LogP contribution >= 0.6 is 0 Å². The van der Waals surface area contributed by atoms with E-state index in [2.05, 4.69) is 6.58 Å². The third-order valence-corrected chi connectivity index (χ3v) is 3.85. The zero-order valence-corrected chi connectivity index (χ0v) is 9.92. The Balaban J connectivity index is 2.87. The number of methoxy groups -OCH3 is 1. The van der Waals surface area contributed by atoms with Crippen molar-refractivity contribution < 1.29 is 9.53 Å². The molecule has 0 heterocycles. The summed E-state index contributed by atoms with van der Waals surface area (Å²) in [4.78, 5) is 11.9. The molecule has 0 amide bonds.